The van der Waals surface area contributed by atoms with Crippen molar-refractivity contribution in [1.82, 2.24) is 15.3 Å². The second kappa shape index (κ2) is 10.9. The van der Waals surface area contributed by atoms with Crippen LogP contribution in [0, 0.1) is 16.0 Å². The number of furan rings is 1. The number of non-ortho nitro benzene ring substituents is 1. The largest absolute Gasteiger partial charge is 0.451 e. The van der Waals surface area contributed by atoms with Gasteiger partial charge < -0.3 is 20.0 Å². The van der Waals surface area contributed by atoms with E-state index in [1.54, 1.807) is 24.3 Å². The van der Waals surface area contributed by atoms with E-state index in [1.165, 1.54) is 12.1 Å². The summed E-state index contributed by atoms with van der Waals surface area (Å²) >= 11 is 0. The molecule has 0 radical (unpaired) electrons. The molecule has 1 saturated carbocycles. The summed E-state index contributed by atoms with van der Waals surface area (Å²) < 4.78 is 5.68. The average molecular weight is 515 g/mol. The summed E-state index contributed by atoms with van der Waals surface area (Å²) in [4.78, 5) is 34.7. The molecular formula is C28H30N6O4. The number of nitrogens with zero attached hydrogens (tertiary/aromatic N) is 4. The molecule has 1 amide bonds. The fraction of sp³-hybridized carbons (Fsp3) is 0.321. The molecule has 2 heterocycles. The van der Waals surface area contributed by atoms with Gasteiger partial charge in [-0.3, -0.25) is 14.9 Å². The van der Waals surface area contributed by atoms with Gasteiger partial charge in [0, 0.05) is 49.8 Å². The monoisotopic (exact) mass is 514 g/mol. The average Bonchev–Trinajstić information content (AvgIpc) is 3.43. The van der Waals surface area contributed by atoms with E-state index >= 15 is 0 Å². The van der Waals surface area contributed by atoms with Gasteiger partial charge in [-0.15, -0.1) is 0 Å². The molecule has 196 valence electrons. The Kier molecular flexibility index (Phi) is 7.21. The van der Waals surface area contributed by atoms with E-state index in [0.29, 0.717) is 29.7 Å². The molecule has 10 nitrogen and oxygen atoms in total. The molecule has 0 spiro atoms. The van der Waals surface area contributed by atoms with Crippen LogP contribution in [-0.4, -0.2) is 47.5 Å². The lowest BCUT2D eigenvalue weighted by atomic mass is 9.86. The molecule has 4 aromatic rings. The molecule has 5 rings (SSSR count). The Morgan fingerprint density at radius 2 is 1.84 bits per heavy atom. The van der Waals surface area contributed by atoms with Crippen molar-refractivity contribution in [3.63, 3.8) is 0 Å². The van der Waals surface area contributed by atoms with Gasteiger partial charge >= 0.3 is 0 Å². The van der Waals surface area contributed by atoms with Crippen LogP contribution in [0.15, 0.2) is 65.1 Å². The third kappa shape index (κ3) is 5.59. The first-order valence-electron chi connectivity index (χ1n) is 12.7. The number of nitro groups is 1. The minimum Gasteiger partial charge on any atom is -0.451 e. The highest BCUT2D eigenvalue weighted by Gasteiger charge is 2.23. The van der Waals surface area contributed by atoms with E-state index in [9.17, 15) is 14.9 Å². The predicted molar refractivity (Wildman–Crippen MR) is 146 cm³/mol. The first-order chi connectivity index (χ1) is 18.4. The summed E-state index contributed by atoms with van der Waals surface area (Å²) in [5.74, 6) is 2.22. The van der Waals surface area contributed by atoms with Crippen molar-refractivity contribution in [3.8, 4) is 11.3 Å². The first kappa shape index (κ1) is 25.2. The molecular weight excluding hydrogens is 484 g/mol. The second-order valence-electron chi connectivity index (χ2n) is 9.83. The molecule has 2 N–H and O–H groups in total. The molecule has 0 aliphatic heterocycles. The second-order valence-corrected chi connectivity index (χ2v) is 9.83. The molecule has 0 atom stereocenters. The summed E-state index contributed by atoms with van der Waals surface area (Å²) in [6, 6.07) is 17.7. The third-order valence-corrected chi connectivity index (χ3v) is 6.91. The van der Waals surface area contributed by atoms with Crippen molar-refractivity contribution >= 4 is 34.3 Å². The van der Waals surface area contributed by atoms with Crippen molar-refractivity contribution in [1.29, 1.82) is 0 Å². The van der Waals surface area contributed by atoms with Crippen molar-refractivity contribution in [2.75, 3.05) is 30.9 Å². The van der Waals surface area contributed by atoms with E-state index in [1.807, 2.05) is 43.3 Å². The van der Waals surface area contributed by atoms with Crippen LogP contribution < -0.4 is 15.5 Å². The number of para-hydroxylation sites is 1. The van der Waals surface area contributed by atoms with Crippen LogP contribution in [0.2, 0.25) is 0 Å². The normalized spacial score (nSPS) is 17.2. The maximum absolute atomic E-state index is 12.7. The van der Waals surface area contributed by atoms with Gasteiger partial charge in [-0.05, 0) is 55.9 Å². The Balaban J connectivity index is 1.13. The SMILES string of the molecule is CN(C)c1nc(NC2CCC(CNC(=O)c3ccc(-c4cccc([N+](=O)[O-])c4)o3)CC2)nc2ccccc12. The number of fused-ring (bicyclic) bond motifs is 1. The number of anilines is 2. The predicted octanol–water partition coefficient (Wildman–Crippen LogP) is 5.26. The number of hydrogen-bond acceptors (Lipinski definition) is 8. The maximum Gasteiger partial charge on any atom is 0.287 e. The zero-order valence-electron chi connectivity index (χ0n) is 21.4. The minimum atomic E-state index is -0.458. The number of amides is 1. The van der Waals surface area contributed by atoms with Gasteiger partial charge in [0.25, 0.3) is 11.6 Å². The van der Waals surface area contributed by atoms with Crippen LogP contribution in [0.4, 0.5) is 17.5 Å². The molecule has 10 heteroatoms. The highest BCUT2D eigenvalue weighted by Crippen LogP contribution is 2.29. The fourth-order valence-corrected chi connectivity index (χ4v) is 4.87. The summed E-state index contributed by atoms with van der Waals surface area (Å²) in [5.41, 5.74) is 1.44. The van der Waals surface area contributed by atoms with E-state index in [-0.39, 0.29) is 23.4 Å². The third-order valence-electron chi connectivity index (χ3n) is 6.91. The van der Waals surface area contributed by atoms with Crippen LogP contribution >= 0.6 is 0 Å². The molecule has 38 heavy (non-hydrogen) atoms. The molecule has 0 unspecified atom stereocenters. The van der Waals surface area contributed by atoms with Gasteiger partial charge in [0.05, 0.1) is 10.4 Å². The Labute approximate surface area is 220 Å². The van der Waals surface area contributed by atoms with Crippen molar-refractivity contribution in [2.24, 2.45) is 5.92 Å². The lowest BCUT2D eigenvalue weighted by Gasteiger charge is -2.29. The van der Waals surface area contributed by atoms with Crippen LogP contribution in [0.5, 0.6) is 0 Å². The van der Waals surface area contributed by atoms with Crippen LogP contribution in [0.3, 0.4) is 0 Å². The quantitative estimate of drug-likeness (QED) is 0.241. The minimum absolute atomic E-state index is 0.0275. The highest BCUT2D eigenvalue weighted by atomic mass is 16.6. The summed E-state index contributed by atoms with van der Waals surface area (Å²) in [6.45, 7) is 0.565. The fourth-order valence-electron chi connectivity index (χ4n) is 4.87. The standard InChI is InChI=1S/C28H30N6O4/c1-33(2)26-22-8-3-4-9-23(22)31-28(32-26)30-20-12-10-18(11-13-20)17-29-27(35)25-15-14-24(38-25)19-6-5-7-21(16-19)34(36)37/h3-9,14-16,18,20H,10-13,17H2,1-2H3,(H,29,35)(H,30,31,32). The highest BCUT2D eigenvalue weighted by molar-refractivity contribution is 5.92. The Hall–Kier alpha value is -4.47. The zero-order chi connectivity index (χ0) is 26.6. The van der Waals surface area contributed by atoms with E-state index in [4.69, 9.17) is 14.4 Å². The van der Waals surface area contributed by atoms with Gasteiger partial charge in [0.2, 0.25) is 5.95 Å². The number of nitrogens with one attached hydrogen (secondary N) is 2. The van der Waals surface area contributed by atoms with Crippen molar-refractivity contribution in [3.05, 3.63) is 76.5 Å². The Morgan fingerprint density at radius 3 is 2.61 bits per heavy atom. The lowest BCUT2D eigenvalue weighted by Crippen LogP contribution is -2.34. The van der Waals surface area contributed by atoms with Gasteiger partial charge in [-0.25, -0.2) is 4.98 Å². The number of rotatable bonds is 8. The topological polar surface area (TPSA) is 126 Å². The number of carbonyl (C=O) groups excluding carboxylic acids is 1. The van der Waals surface area contributed by atoms with Crippen LogP contribution in [0.25, 0.3) is 22.2 Å². The van der Waals surface area contributed by atoms with Crippen LogP contribution in [0.1, 0.15) is 36.2 Å². The maximum atomic E-state index is 12.7. The molecule has 2 aromatic heterocycles. The molecule has 1 fully saturated rings. The number of hydrogen-bond donors (Lipinski definition) is 2. The first-order valence-corrected chi connectivity index (χ1v) is 12.7. The van der Waals surface area contributed by atoms with Gasteiger partial charge in [-0.2, -0.15) is 4.98 Å². The summed E-state index contributed by atoms with van der Waals surface area (Å²) in [5, 5.41) is 18.5. The number of aromatic nitrogens is 2. The van der Waals surface area contributed by atoms with Crippen LogP contribution in [-0.2, 0) is 0 Å². The molecule has 2 aromatic carbocycles. The molecule has 0 saturated heterocycles. The zero-order valence-corrected chi connectivity index (χ0v) is 21.4. The molecule has 1 aliphatic carbocycles. The summed E-state index contributed by atoms with van der Waals surface area (Å²) in [6.07, 6.45) is 3.88. The van der Waals surface area contributed by atoms with Gasteiger partial charge in [-0.1, -0.05) is 24.3 Å². The smallest absolute Gasteiger partial charge is 0.287 e. The van der Waals surface area contributed by atoms with E-state index in [2.05, 4.69) is 10.6 Å². The molecule has 1 aliphatic rings. The number of benzene rings is 2. The van der Waals surface area contributed by atoms with Crippen molar-refractivity contribution in [2.45, 2.75) is 31.7 Å². The summed E-state index contributed by atoms with van der Waals surface area (Å²) in [7, 11) is 3.96. The Bertz CT molecular complexity index is 1460. The van der Waals surface area contributed by atoms with Gasteiger partial charge in [0.1, 0.15) is 11.6 Å². The van der Waals surface area contributed by atoms with E-state index < -0.39 is 4.92 Å². The molecule has 0 bridgehead atoms. The number of carbonyl (C=O) groups is 1. The van der Waals surface area contributed by atoms with E-state index in [0.717, 1.165) is 42.4 Å². The lowest BCUT2D eigenvalue weighted by molar-refractivity contribution is -0.384. The van der Waals surface area contributed by atoms with Crippen molar-refractivity contribution < 1.29 is 14.1 Å². The number of nitro benzene ring substituents is 1. The Morgan fingerprint density at radius 1 is 1.05 bits per heavy atom. The van der Waals surface area contributed by atoms with Gasteiger partial charge in [0.15, 0.2) is 5.76 Å².